The van der Waals surface area contributed by atoms with E-state index in [1.807, 2.05) is 0 Å². The van der Waals surface area contributed by atoms with Gasteiger partial charge in [0.05, 0.1) is 18.4 Å². The number of methoxy groups -OCH3 is 1. The van der Waals surface area contributed by atoms with E-state index in [0.29, 0.717) is 36.4 Å². The largest absolute Gasteiger partial charge is 0.497 e. The molecule has 7 heteroatoms. The second-order valence-electron chi connectivity index (χ2n) is 3.93. The van der Waals surface area contributed by atoms with Crippen LogP contribution in [0.5, 0.6) is 5.75 Å². The fourth-order valence-electron chi connectivity index (χ4n) is 1.56. The van der Waals surface area contributed by atoms with Crippen LogP contribution in [0.4, 0.5) is 5.69 Å². The Balaban J connectivity index is 0.00000361. The molecule has 0 spiro atoms. The van der Waals surface area contributed by atoms with Crippen molar-refractivity contribution >= 4 is 29.9 Å². The standard InChI is InChI=1S/C13H19N3O3.ClH/c1-15-13(18)10-8-9(19-2)5-6-11(10)16-12(17)4-3-7-14;/h5-6,8H,3-4,7,14H2,1-2H3,(H,15,18)(H,16,17);1H. The summed E-state index contributed by atoms with van der Waals surface area (Å²) in [6, 6.07) is 4.91. The summed E-state index contributed by atoms with van der Waals surface area (Å²) < 4.78 is 5.07. The molecule has 0 unspecified atom stereocenters. The van der Waals surface area contributed by atoms with Crippen LogP contribution in [0.25, 0.3) is 0 Å². The van der Waals surface area contributed by atoms with E-state index in [1.54, 1.807) is 18.2 Å². The van der Waals surface area contributed by atoms with Gasteiger partial charge >= 0.3 is 0 Å². The van der Waals surface area contributed by atoms with Crippen LogP contribution in [0.15, 0.2) is 18.2 Å². The molecule has 0 aliphatic heterocycles. The molecular formula is C13H20ClN3O3. The molecule has 1 rings (SSSR count). The van der Waals surface area contributed by atoms with E-state index in [0.717, 1.165) is 0 Å². The molecule has 0 heterocycles. The Bertz CT molecular complexity index is 466. The van der Waals surface area contributed by atoms with Gasteiger partial charge in [0.25, 0.3) is 5.91 Å². The summed E-state index contributed by atoms with van der Waals surface area (Å²) in [5, 5.41) is 5.22. The highest BCUT2D eigenvalue weighted by Crippen LogP contribution is 2.22. The Labute approximate surface area is 124 Å². The molecule has 112 valence electrons. The SMILES string of the molecule is CNC(=O)c1cc(OC)ccc1NC(=O)CCCN.Cl. The predicted octanol–water partition coefficient (Wildman–Crippen LogP) is 1.15. The quantitative estimate of drug-likeness (QED) is 0.735. The lowest BCUT2D eigenvalue weighted by atomic mass is 10.1. The number of carbonyl (C=O) groups excluding carboxylic acids is 2. The first-order valence-corrected chi connectivity index (χ1v) is 6.02. The molecule has 4 N–H and O–H groups in total. The second-order valence-corrected chi connectivity index (χ2v) is 3.93. The minimum absolute atomic E-state index is 0. The number of hydrogen-bond acceptors (Lipinski definition) is 4. The lowest BCUT2D eigenvalue weighted by Gasteiger charge is -2.11. The van der Waals surface area contributed by atoms with Crippen molar-refractivity contribution in [1.29, 1.82) is 0 Å². The Hall–Kier alpha value is -1.79. The predicted molar refractivity (Wildman–Crippen MR) is 80.6 cm³/mol. The van der Waals surface area contributed by atoms with Crippen LogP contribution >= 0.6 is 12.4 Å². The topological polar surface area (TPSA) is 93.5 Å². The first-order chi connectivity index (χ1) is 9.12. The Morgan fingerprint density at radius 3 is 2.60 bits per heavy atom. The molecule has 6 nitrogen and oxygen atoms in total. The maximum Gasteiger partial charge on any atom is 0.253 e. The summed E-state index contributed by atoms with van der Waals surface area (Å²) in [7, 11) is 3.05. The molecule has 1 aromatic carbocycles. The molecule has 0 aliphatic rings. The first kappa shape index (κ1) is 18.2. The van der Waals surface area contributed by atoms with Gasteiger partial charge in [-0.25, -0.2) is 0 Å². The number of amides is 2. The van der Waals surface area contributed by atoms with E-state index in [1.165, 1.54) is 14.2 Å². The van der Waals surface area contributed by atoms with Crippen molar-refractivity contribution in [2.45, 2.75) is 12.8 Å². The zero-order valence-electron chi connectivity index (χ0n) is 11.6. The minimum atomic E-state index is -0.284. The fraction of sp³-hybridized carbons (Fsp3) is 0.385. The summed E-state index contributed by atoms with van der Waals surface area (Å²) in [4.78, 5) is 23.4. The van der Waals surface area contributed by atoms with Crippen molar-refractivity contribution in [3.05, 3.63) is 23.8 Å². The molecule has 20 heavy (non-hydrogen) atoms. The lowest BCUT2D eigenvalue weighted by molar-refractivity contribution is -0.116. The lowest BCUT2D eigenvalue weighted by Crippen LogP contribution is -2.21. The van der Waals surface area contributed by atoms with Gasteiger partial charge in [-0.1, -0.05) is 0 Å². The average molecular weight is 302 g/mol. The van der Waals surface area contributed by atoms with Crippen LogP contribution < -0.4 is 21.1 Å². The molecule has 0 saturated heterocycles. The van der Waals surface area contributed by atoms with E-state index in [2.05, 4.69) is 10.6 Å². The average Bonchev–Trinajstić information content (AvgIpc) is 2.44. The van der Waals surface area contributed by atoms with Gasteiger partial charge in [0.15, 0.2) is 0 Å². The van der Waals surface area contributed by atoms with E-state index < -0.39 is 0 Å². The summed E-state index contributed by atoms with van der Waals surface area (Å²) >= 11 is 0. The normalized spacial score (nSPS) is 9.35. The zero-order valence-corrected chi connectivity index (χ0v) is 12.4. The molecule has 1 aromatic rings. The van der Waals surface area contributed by atoms with Gasteiger partial charge in [0.2, 0.25) is 5.91 Å². The van der Waals surface area contributed by atoms with Crippen molar-refractivity contribution in [2.24, 2.45) is 5.73 Å². The minimum Gasteiger partial charge on any atom is -0.497 e. The van der Waals surface area contributed by atoms with Crippen LogP contribution in [0.2, 0.25) is 0 Å². The number of benzene rings is 1. The summed E-state index contributed by atoms with van der Waals surface area (Å²) in [6.45, 7) is 0.457. The summed E-state index contributed by atoms with van der Waals surface area (Å²) in [6.07, 6.45) is 0.938. The second kappa shape index (κ2) is 9.17. The van der Waals surface area contributed by atoms with Gasteiger partial charge in [-0.15, -0.1) is 12.4 Å². The summed E-state index contributed by atoms with van der Waals surface area (Å²) in [5.74, 6) is 0.104. The highest BCUT2D eigenvalue weighted by atomic mass is 35.5. The molecule has 0 saturated carbocycles. The van der Waals surface area contributed by atoms with Crippen LogP contribution in [0, 0.1) is 0 Å². The molecule has 0 radical (unpaired) electrons. The van der Waals surface area contributed by atoms with E-state index in [-0.39, 0.29) is 24.2 Å². The number of nitrogens with one attached hydrogen (secondary N) is 2. The third-order valence-corrected chi connectivity index (χ3v) is 2.58. The number of nitrogens with two attached hydrogens (primary N) is 1. The molecule has 0 aromatic heterocycles. The Kier molecular flexibility index (Phi) is 8.35. The Morgan fingerprint density at radius 2 is 2.05 bits per heavy atom. The Morgan fingerprint density at radius 1 is 1.35 bits per heavy atom. The van der Waals surface area contributed by atoms with E-state index in [4.69, 9.17) is 10.5 Å². The number of halogens is 1. The van der Waals surface area contributed by atoms with Crippen LogP contribution in [-0.4, -0.2) is 32.5 Å². The number of hydrogen-bond donors (Lipinski definition) is 3. The maximum atomic E-state index is 11.8. The van der Waals surface area contributed by atoms with Gasteiger partial charge in [-0.2, -0.15) is 0 Å². The van der Waals surface area contributed by atoms with Gasteiger partial charge in [-0.3, -0.25) is 9.59 Å². The highest BCUT2D eigenvalue weighted by Gasteiger charge is 2.13. The third kappa shape index (κ3) is 5.07. The van der Waals surface area contributed by atoms with Crippen molar-refractivity contribution in [1.82, 2.24) is 5.32 Å². The maximum absolute atomic E-state index is 11.8. The molecule has 0 bridgehead atoms. The van der Waals surface area contributed by atoms with Gasteiger partial charge in [-0.05, 0) is 31.2 Å². The zero-order chi connectivity index (χ0) is 14.3. The molecule has 0 atom stereocenters. The van der Waals surface area contributed by atoms with Crippen molar-refractivity contribution < 1.29 is 14.3 Å². The molecule has 0 aliphatic carbocycles. The third-order valence-electron chi connectivity index (χ3n) is 2.58. The number of ether oxygens (including phenoxy) is 1. The van der Waals surface area contributed by atoms with Crippen LogP contribution in [0.3, 0.4) is 0 Å². The number of rotatable bonds is 6. The van der Waals surface area contributed by atoms with Gasteiger partial charge in [0.1, 0.15) is 5.75 Å². The number of carbonyl (C=O) groups is 2. The van der Waals surface area contributed by atoms with E-state index in [9.17, 15) is 9.59 Å². The molecule has 0 fully saturated rings. The smallest absolute Gasteiger partial charge is 0.253 e. The van der Waals surface area contributed by atoms with Crippen molar-refractivity contribution in [3.63, 3.8) is 0 Å². The van der Waals surface area contributed by atoms with Crippen molar-refractivity contribution in [2.75, 3.05) is 26.0 Å². The van der Waals surface area contributed by atoms with Crippen molar-refractivity contribution in [3.8, 4) is 5.75 Å². The van der Waals surface area contributed by atoms with Crippen LogP contribution in [0.1, 0.15) is 23.2 Å². The van der Waals surface area contributed by atoms with E-state index >= 15 is 0 Å². The fourth-order valence-corrected chi connectivity index (χ4v) is 1.56. The van der Waals surface area contributed by atoms with Crippen LogP contribution in [-0.2, 0) is 4.79 Å². The van der Waals surface area contributed by atoms with Gasteiger partial charge in [0, 0.05) is 13.5 Å². The highest BCUT2D eigenvalue weighted by molar-refractivity contribution is 6.04. The summed E-state index contributed by atoms with van der Waals surface area (Å²) in [5.41, 5.74) is 6.17. The number of anilines is 1. The first-order valence-electron chi connectivity index (χ1n) is 6.02. The molecular weight excluding hydrogens is 282 g/mol. The monoisotopic (exact) mass is 301 g/mol. The molecule has 2 amide bonds. The van der Waals surface area contributed by atoms with Gasteiger partial charge < -0.3 is 21.1 Å².